The predicted molar refractivity (Wildman–Crippen MR) is 154 cm³/mol. The number of rotatable bonds is 9. The molecule has 1 aliphatic heterocycles. The lowest BCUT2D eigenvalue weighted by atomic mass is 9.95. The van der Waals surface area contributed by atoms with Gasteiger partial charge >= 0.3 is 5.91 Å². The number of nitrogens with zero attached hydrogens (tertiary/aromatic N) is 2. The number of anilines is 1. The Kier molecular flexibility index (Phi) is 7.86. The molecular weight excluding hydrogens is 536 g/mol. The summed E-state index contributed by atoms with van der Waals surface area (Å²) in [7, 11) is 1.54. The van der Waals surface area contributed by atoms with Crippen LogP contribution in [0.1, 0.15) is 43.4 Å². The molecule has 0 radical (unpaired) electrons. The fourth-order valence-corrected chi connectivity index (χ4v) is 5.80. The lowest BCUT2D eigenvalue weighted by molar-refractivity contribution is -0.132. The predicted octanol–water partition coefficient (Wildman–Crippen LogP) is 7.15. The first-order valence-corrected chi connectivity index (χ1v) is 13.8. The quantitative estimate of drug-likeness (QED) is 0.101. The van der Waals surface area contributed by atoms with E-state index in [1.807, 2.05) is 24.3 Å². The average Bonchev–Trinajstić information content (AvgIpc) is 3.48. The number of aromatic nitrogens is 1. The van der Waals surface area contributed by atoms with Crippen molar-refractivity contribution in [2.75, 3.05) is 18.6 Å². The molecule has 1 aliphatic rings. The molecule has 5 rings (SSSR count). The number of Topliss-reactive ketones (excluding diaryl/α,β-unsaturated/α-hetero) is 1. The largest absolute Gasteiger partial charge is 0.507 e. The number of aliphatic hydroxyl groups excluding tert-OH is 1. The molecular formula is C30H27ClN2O5S. The lowest BCUT2D eigenvalue weighted by Gasteiger charge is -2.23. The van der Waals surface area contributed by atoms with Gasteiger partial charge in [-0.25, -0.2) is 4.98 Å². The lowest BCUT2D eigenvalue weighted by Crippen LogP contribution is -2.29. The number of amides is 1. The zero-order chi connectivity index (χ0) is 27.5. The Morgan fingerprint density at radius 2 is 1.74 bits per heavy atom. The molecule has 1 saturated heterocycles. The van der Waals surface area contributed by atoms with Gasteiger partial charge in [0.25, 0.3) is 5.78 Å². The maximum absolute atomic E-state index is 13.5. The van der Waals surface area contributed by atoms with E-state index in [0.29, 0.717) is 44.9 Å². The Balaban J connectivity index is 1.59. The standard InChI is InChI=1S/C30H27ClN2O5S/c1-3-4-5-16-38-22-13-6-18(7-14-22)26-25(27(34)19-8-11-21(37-2)12-9-19)28(35)29(36)33(26)30-32-23-15-10-20(31)17-24(23)39-30/h6-15,17,26,34H,3-5,16H2,1-2H3/b27-25+. The zero-order valence-corrected chi connectivity index (χ0v) is 23.1. The molecule has 9 heteroatoms. The minimum absolute atomic E-state index is 0.0148. The van der Waals surface area contributed by atoms with Crippen molar-refractivity contribution in [1.82, 2.24) is 4.98 Å². The summed E-state index contributed by atoms with van der Waals surface area (Å²) < 4.78 is 11.8. The third kappa shape index (κ3) is 5.35. The normalized spacial score (nSPS) is 16.7. The molecule has 39 heavy (non-hydrogen) atoms. The van der Waals surface area contributed by atoms with Crippen LogP contribution in [0.2, 0.25) is 5.02 Å². The van der Waals surface area contributed by atoms with Crippen molar-refractivity contribution in [3.8, 4) is 11.5 Å². The highest BCUT2D eigenvalue weighted by Gasteiger charge is 2.48. The molecule has 0 bridgehead atoms. The van der Waals surface area contributed by atoms with Crippen LogP contribution in [0.25, 0.3) is 16.0 Å². The molecule has 1 unspecified atom stereocenters. The van der Waals surface area contributed by atoms with Crippen LogP contribution in [0.15, 0.2) is 72.3 Å². The maximum atomic E-state index is 13.5. The summed E-state index contributed by atoms with van der Waals surface area (Å²) in [4.78, 5) is 32.9. The number of thiazole rings is 1. The number of carbonyl (C=O) groups is 2. The van der Waals surface area contributed by atoms with Crippen LogP contribution in [0, 0.1) is 0 Å². The second kappa shape index (κ2) is 11.5. The van der Waals surface area contributed by atoms with Crippen molar-refractivity contribution in [3.05, 3.63) is 88.5 Å². The van der Waals surface area contributed by atoms with Crippen LogP contribution >= 0.6 is 22.9 Å². The highest BCUT2D eigenvalue weighted by atomic mass is 35.5. The highest BCUT2D eigenvalue weighted by molar-refractivity contribution is 7.22. The molecule has 1 aromatic heterocycles. The van der Waals surface area contributed by atoms with Crippen molar-refractivity contribution in [3.63, 3.8) is 0 Å². The van der Waals surface area contributed by atoms with Crippen LogP contribution in [0.4, 0.5) is 5.13 Å². The second-order valence-corrected chi connectivity index (χ2v) is 10.6. The molecule has 1 N–H and O–H groups in total. The number of benzene rings is 3. The van der Waals surface area contributed by atoms with Gasteiger partial charge in [0.2, 0.25) is 0 Å². The second-order valence-electron chi connectivity index (χ2n) is 9.13. The van der Waals surface area contributed by atoms with Crippen LogP contribution < -0.4 is 14.4 Å². The molecule has 1 amide bonds. The minimum atomic E-state index is -0.891. The summed E-state index contributed by atoms with van der Waals surface area (Å²) in [6.45, 7) is 2.74. The molecule has 0 saturated carbocycles. The number of halogens is 1. The van der Waals surface area contributed by atoms with Gasteiger partial charge in [-0.15, -0.1) is 0 Å². The fraction of sp³-hybridized carbons (Fsp3) is 0.233. The van der Waals surface area contributed by atoms with Crippen molar-refractivity contribution < 1.29 is 24.2 Å². The number of fused-ring (bicyclic) bond motifs is 1. The fourth-order valence-electron chi connectivity index (χ4n) is 4.53. The first-order chi connectivity index (χ1) is 18.9. The van der Waals surface area contributed by atoms with E-state index in [0.717, 1.165) is 24.0 Å². The Hall–Kier alpha value is -3.88. The average molecular weight is 563 g/mol. The van der Waals surface area contributed by atoms with Crippen molar-refractivity contribution in [1.29, 1.82) is 0 Å². The Morgan fingerprint density at radius 1 is 1.03 bits per heavy atom. The molecule has 1 fully saturated rings. The number of ether oxygens (including phenoxy) is 2. The molecule has 200 valence electrons. The smallest absolute Gasteiger partial charge is 0.301 e. The topological polar surface area (TPSA) is 89.0 Å². The molecule has 4 aromatic rings. The molecule has 2 heterocycles. The van der Waals surface area contributed by atoms with Crippen LogP contribution in [0.3, 0.4) is 0 Å². The van der Waals surface area contributed by atoms with Gasteiger partial charge in [0.05, 0.1) is 35.5 Å². The number of carbonyl (C=O) groups excluding carboxylic acids is 2. The monoisotopic (exact) mass is 562 g/mol. The Labute approximate surface area is 235 Å². The number of hydrogen-bond acceptors (Lipinski definition) is 7. The minimum Gasteiger partial charge on any atom is -0.507 e. The zero-order valence-electron chi connectivity index (χ0n) is 21.5. The van der Waals surface area contributed by atoms with Crippen LogP contribution in [-0.2, 0) is 9.59 Å². The van der Waals surface area contributed by atoms with E-state index in [9.17, 15) is 14.7 Å². The summed E-state index contributed by atoms with van der Waals surface area (Å²) in [6, 6.07) is 18.3. The van der Waals surface area contributed by atoms with E-state index < -0.39 is 17.7 Å². The van der Waals surface area contributed by atoms with Gasteiger partial charge in [-0.1, -0.05) is 54.8 Å². The maximum Gasteiger partial charge on any atom is 0.301 e. The van der Waals surface area contributed by atoms with Crippen LogP contribution in [-0.4, -0.2) is 35.5 Å². The number of hydrogen-bond donors (Lipinski definition) is 1. The third-order valence-corrected chi connectivity index (χ3v) is 7.82. The number of unbranched alkanes of at least 4 members (excludes halogenated alkanes) is 2. The van der Waals surface area contributed by atoms with Crippen molar-refractivity contribution in [2.24, 2.45) is 0 Å². The van der Waals surface area contributed by atoms with E-state index in [1.165, 1.54) is 16.2 Å². The number of ketones is 1. The van der Waals surface area contributed by atoms with Gasteiger partial charge in [-0.05, 0) is 66.6 Å². The number of methoxy groups -OCH3 is 1. The van der Waals surface area contributed by atoms with Gasteiger partial charge in [0, 0.05) is 10.6 Å². The highest BCUT2D eigenvalue weighted by Crippen LogP contribution is 2.44. The van der Waals surface area contributed by atoms with Gasteiger partial charge in [-0.2, -0.15) is 0 Å². The Morgan fingerprint density at radius 3 is 2.44 bits per heavy atom. The molecule has 3 aromatic carbocycles. The molecule has 0 spiro atoms. The van der Waals surface area contributed by atoms with Gasteiger partial charge in [-0.3, -0.25) is 14.5 Å². The summed E-state index contributed by atoms with van der Waals surface area (Å²) in [5.41, 5.74) is 1.68. The molecule has 1 atom stereocenters. The Bertz CT molecular complexity index is 1550. The summed E-state index contributed by atoms with van der Waals surface area (Å²) >= 11 is 7.43. The third-order valence-electron chi connectivity index (χ3n) is 6.57. The summed E-state index contributed by atoms with van der Waals surface area (Å²) in [5.74, 6) is -0.527. The summed E-state index contributed by atoms with van der Waals surface area (Å²) in [6.07, 6.45) is 3.15. The first kappa shape index (κ1) is 26.7. The van der Waals surface area contributed by atoms with Crippen molar-refractivity contribution >= 4 is 55.7 Å². The van der Waals surface area contributed by atoms with E-state index in [4.69, 9.17) is 21.1 Å². The van der Waals surface area contributed by atoms with Crippen LogP contribution in [0.5, 0.6) is 11.5 Å². The van der Waals surface area contributed by atoms with Gasteiger partial charge in [0.15, 0.2) is 5.13 Å². The molecule has 7 nitrogen and oxygen atoms in total. The SMILES string of the molecule is CCCCCOc1ccc(C2/C(=C(\O)c3ccc(OC)cc3)C(=O)C(=O)N2c2nc3ccc(Cl)cc3s2)cc1. The van der Waals surface area contributed by atoms with Crippen molar-refractivity contribution in [2.45, 2.75) is 32.2 Å². The first-order valence-electron chi connectivity index (χ1n) is 12.7. The van der Waals surface area contributed by atoms with E-state index >= 15 is 0 Å². The van der Waals surface area contributed by atoms with E-state index in [-0.39, 0.29) is 11.3 Å². The van der Waals surface area contributed by atoms with E-state index in [2.05, 4.69) is 11.9 Å². The molecule has 0 aliphatic carbocycles. The van der Waals surface area contributed by atoms with Gasteiger partial charge in [0.1, 0.15) is 17.3 Å². The summed E-state index contributed by atoms with van der Waals surface area (Å²) in [5, 5.41) is 12.2. The number of aliphatic hydroxyl groups is 1. The van der Waals surface area contributed by atoms with Gasteiger partial charge < -0.3 is 14.6 Å². The van der Waals surface area contributed by atoms with E-state index in [1.54, 1.807) is 49.6 Å².